The average molecular weight is 270 g/mol. The minimum Gasteiger partial charge on any atom is -0.473 e. The van der Waals surface area contributed by atoms with Gasteiger partial charge < -0.3 is 32.3 Å². The van der Waals surface area contributed by atoms with Gasteiger partial charge in [-0.05, 0) is 24.4 Å². The Bertz CT molecular complexity index is 233. The summed E-state index contributed by atoms with van der Waals surface area (Å²) < 4.78 is 0. The molecule has 0 aromatic carbocycles. The van der Waals surface area contributed by atoms with Gasteiger partial charge in [-0.2, -0.15) is 0 Å². The number of thiocarbonyl (C=S) groups is 2. The number of carboxylic acids is 2. The Balaban J connectivity index is -0.000000160. The van der Waals surface area contributed by atoms with E-state index in [0.29, 0.717) is 10.2 Å². The summed E-state index contributed by atoms with van der Waals surface area (Å²) in [5, 5.41) is 20.5. The van der Waals surface area contributed by atoms with E-state index in [2.05, 4.69) is 35.1 Å². The van der Waals surface area contributed by atoms with E-state index in [1.165, 1.54) is 0 Å². The van der Waals surface area contributed by atoms with Crippen LogP contribution in [0.2, 0.25) is 0 Å². The number of hydrogen-bond donors (Lipinski definition) is 6. The first kappa shape index (κ1) is 19.8. The van der Waals surface area contributed by atoms with Crippen molar-refractivity contribution in [3.05, 3.63) is 0 Å². The van der Waals surface area contributed by atoms with Gasteiger partial charge in [0.15, 0.2) is 10.2 Å². The smallest absolute Gasteiger partial charge is 0.414 e. The maximum Gasteiger partial charge on any atom is 0.414 e. The number of aliphatic carboxylic acids is 2. The molecule has 0 aliphatic carbocycles. The van der Waals surface area contributed by atoms with E-state index < -0.39 is 11.9 Å². The molecule has 0 aromatic heterocycles. The SMILES string of the molecule is CNC(N)=S.CNC(N)=S.O=C(O)C(=O)O. The van der Waals surface area contributed by atoms with Crippen molar-refractivity contribution in [3.8, 4) is 0 Å². The first-order valence-electron chi connectivity index (χ1n) is 3.59. The van der Waals surface area contributed by atoms with E-state index >= 15 is 0 Å². The largest absolute Gasteiger partial charge is 0.473 e. The van der Waals surface area contributed by atoms with Crippen LogP contribution in [-0.4, -0.2) is 46.5 Å². The molecular formula is C6H14N4O4S2. The van der Waals surface area contributed by atoms with Crippen molar-refractivity contribution in [1.82, 2.24) is 10.6 Å². The Morgan fingerprint density at radius 1 is 0.938 bits per heavy atom. The maximum atomic E-state index is 9.10. The van der Waals surface area contributed by atoms with Gasteiger partial charge >= 0.3 is 11.9 Å². The summed E-state index contributed by atoms with van der Waals surface area (Å²) in [7, 11) is 3.37. The zero-order chi connectivity index (χ0) is 13.7. The molecule has 16 heavy (non-hydrogen) atoms. The predicted molar refractivity (Wildman–Crippen MR) is 67.0 cm³/mol. The van der Waals surface area contributed by atoms with Gasteiger partial charge in [-0.15, -0.1) is 0 Å². The van der Waals surface area contributed by atoms with Crippen LogP contribution in [-0.2, 0) is 9.59 Å². The van der Waals surface area contributed by atoms with E-state index in [4.69, 9.17) is 31.3 Å². The lowest BCUT2D eigenvalue weighted by Crippen LogP contribution is -2.24. The van der Waals surface area contributed by atoms with E-state index in [1.54, 1.807) is 14.1 Å². The second-order valence-electron chi connectivity index (χ2n) is 1.84. The lowest BCUT2D eigenvalue weighted by molar-refractivity contribution is -0.159. The molecule has 10 heteroatoms. The molecule has 0 unspecified atom stereocenters. The standard InChI is InChI=1S/2C2H6N2S.C2H2O4/c2*1-4-2(3)5;3-1(4)2(5)6/h2*1H3,(H3,3,4,5);(H,3,4)(H,5,6). The van der Waals surface area contributed by atoms with Crippen LogP contribution in [0.4, 0.5) is 0 Å². The van der Waals surface area contributed by atoms with Gasteiger partial charge in [0.25, 0.3) is 0 Å². The quantitative estimate of drug-likeness (QED) is 0.216. The molecule has 8 nitrogen and oxygen atoms in total. The topological polar surface area (TPSA) is 151 Å². The Hall–Kier alpha value is -1.68. The summed E-state index contributed by atoms with van der Waals surface area (Å²) in [5.41, 5.74) is 9.82. The van der Waals surface area contributed by atoms with Crippen LogP contribution in [0.1, 0.15) is 0 Å². The molecular weight excluding hydrogens is 256 g/mol. The van der Waals surface area contributed by atoms with E-state index in [9.17, 15) is 0 Å². The molecule has 0 atom stereocenters. The molecule has 0 aromatic rings. The van der Waals surface area contributed by atoms with Crippen LogP contribution < -0.4 is 22.1 Å². The number of carbonyl (C=O) groups is 2. The molecule has 0 aliphatic rings. The fraction of sp³-hybridized carbons (Fsp3) is 0.333. The third kappa shape index (κ3) is 39.5. The minimum absolute atomic E-state index is 0.338. The number of nitrogens with two attached hydrogens (primary N) is 2. The third-order valence-corrected chi connectivity index (χ3v) is 1.08. The molecule has 0 bridgehead atoms. The Kier molecular flexibility index (Phi) is 16.5. The van der Waals surface area contributed by atoms with Crippen molar-refractivity contribution in [2.45, 2.75) is 0 Å². The number of hydrogen-bond acceptors (Lipinski definition) is 4. The predicted octanol–water partition coefficient (Wildman–Crippen LogP) is -1.95. The number of carboxylic acid groups (broad SMARTS) is 2. The van der Waals surface area contributed by atoms with Gasteiger partial charge in [-0.3, -0.25) is 0 Å². The van der Waals surface area contributed by atoms with Crippen LogP contribution in [0.5, 0.6) is 0 Å². The molecule has 0 aliphatic heterocycles. The van der Waals surface area contributed by atoms with Gasteiger partial charge in [0.2, 0.25) is 0 Å². The highest BCUT2D eigenvalue weighted by Gasteiger charge is 2.04. The minimum atomic E-state index is -1.82. The molecule has 0 saturated carbocycles. The van der Waals surface area contributed by atoms with E-state index in [0.717, 1.165) is 0 Å². The second kappa shape index (κ2) is 13.3. The van der Waals surface area contributed by atoms with Crippen molar-refractivity contribution < 1.29 is 19.8 Å². The zero-order valence-electron chi connectivity index (χ0n) is 8.68. The van der Waals surface area contributed by atoms with Crippen LogP contribution in [0.15, 0.2) is 0 Å². The highest BCUT2D eigenvalue weighted by atomic mass is 32.1. The van der Waals surface area contributed by atoms with Crippen LogP contribution in [0.3, 0.4) is 0 Å². The summed E-state index contributed by atoms with van der Waals surface area (Å²) in [5.74, 6) is -3.65. The molecule has 94 valence electrons. The number of rotatable bonds is 0. The molecule has 0 amide bonds. The second-order valence-corrected chi connectivity index (χ2v) is 2.72. The van der Waals surface area contributed by atoms with Gasteiger partial charge in [0.05, 0.1) is 0 Å². The molecule has 0 radical (unpaired) electrons. The Morgan fingerprint density at radius 2 is 1.06 bits per heavy atom. The average Bonchev–Trinajstić information content (AvgIpc) is 2.19. The third-order valence-electron chi connectivity index (χ3n) is 0.676. The molecule has 0 heterocycles. The summed E-state index contributed by atoms with van der Waals surface area (Å²) in [6, 6.07) is 0. The summed E-state index contributed by atoms with van der Waals surface area (Å²) in [4.78, 5) is 18.2. The highest BCUT2D eigenvalue weighted by Crippen LogP contribution is 1.56. The van der Waals surface area contributed by atoms with Crippen molar-refractivity contribution >= 4 is 46.6 Å². The lowest BCUT2D eigenvalue weighted by Gasteiger charge is -1.85. The van der Waals surface area contributed by atoms with Gasteiger partial charge in [0, 0.05) is 14.1 Å². The van der Waals surface area contributed by atoms with Crippen molar-refractivity contribution in [2.24, 2.45) is 11.5 Å². The van der Waals surface area contributed by atoms with Crippen molar-refractivity contribution in [3.63, 3.8) is 0 Å². The van der Waals surface area contributed by atoms with Gasteiger partial charge in [-0.1, -0.05) is 0 Å². The summed E-state index contributed by atoms with van der Waals surface area (Å²) >= 11 is 8.73. The van der Waals surface area contributed by atoms with E-state index in [-0.39, 0.29) is 0 Å². The van der Waals surface area contributed by atoms with Gasteiger partial charge in [0.1, 0.15) is 0 Å². The molecule has 0 rings (SSSR count). The molecule has 0 spiro atoms. The Morgan fingerprint density at radius 3 is 1.06 bits per heavy atom. The molecule has 8 N–H and O–H groups in total. The van der Waals surface area contributed by atoms with Crippen LogP contribution >= 0.6 is 24.4 Å². The fourth-order valence-electron chi connectivity index (χ4n) is 0. The van der Waals surface area contributed by atoms with Crippen molar-refractivity contribution in [1.29, 1.82) is 0 Å². The van der Waals surface area contributed by atoms with Crippen LogP contribution in [0.25, 0.3) is 0 Å². The lowest BCUT2D eigenvalue weighted by atomic mass is 10.7. The normalized spacial score (nSPS) is 6.88. The zero-order valence-corrected chi connectivity index (χ0v) is 10.3. The molecule has 0 saturated heterocycles. The van der Waals surface area contributed by atoms with Crippen LogP contribution in [0, 0.1) is 0 Å². The summed E-state index contributed by atoms with van der Waals surface area (Å²) in [6.45, 7) is 0. The Labute approximate surface area is 103 Å². The fourth-order valence-corrected chi connectivity index (χ4v) is 0. The molecule has 0 fully saturated rings. The maximum absolute atomic E-state index is 9.10. The first-order chi connectivity index (χ1) is 7.18. The van der Waals surface area contributed by atoms with E-state index in [1.807, 2.05) is 0 Å². The monoisotopic (exact) mass is 270 g/mol. The van der Waals surface area contributed by atoms with Gasteiger partial charge in [-0.25, -0.2) is 9.59 Å². The highest BCUT2D eigenvalue weighted by molar-refractivity contribution is 7.80. The number of nitrogens with one attached hydrogen (secondary N) is 2. The first-order valence-corrected chi connectivity index (χ1v) is 4.41. The summed E-state index contributed by atoms with van der Waals surface area (Å²) in [6.07, 6.45) is 0. The van der Waals surface area contributed by atoms with Crippen molar-refractivity contribution in [2.75, 3.05) is 14.1 Å².